The van der Waals surface area contributed by atoms with Gasteiger partial charge in [0, 0.05) is 16.5 Å². The number of benzene rings is 4. The number of amides is 1. The highest BCUT2D eigenvalue weighted by atomic mass is 79.9. The molecule has 4 aromatic carbocycles. The molecule has 1 atom stereocenters. The van der Waals surface area contributed by atoms with Crippen LogP contribution in [0.2, 0.25) is 0 Å². The minimum atomic E-state index is -5.16. The third-order valence-corrected chi connectivity index (χ3v) is 6.85. The van der Waals surface area contributed by atoms with Gasteiger partial charge in [-0.15, -0.1) is 0 Å². The molecule has 0 unspecified atom stereocenters. The van der Waals surface area contributed by atoms with Gasteiger partial charge in [0.2, 0.25) is 0 Å². The Morgan fingerprint density at radius 2 is 1.24 bits per heavy atom. The van der Waals surface area contributed by atoms with E-state index in [1.165, 1.54) is 12.1 Å². The Hall–Kier alpha value is -3.80. The lowest BCUT2D eigenvalue weighted by atomic mass is 9.77. The Morgan fingerprint density at radius 3 is 1.83 bits per heavy atom. The van der Waals surface area contributed by atoms with E-state index in [-0.39, 0.29) is 23.6 Å². The fraction of sp³-hybridized carbons (Fsp3) is 0.138. The Balaban J connectivity index is 1.98. The van der Waals surface area contributed by atoms with Gasteiger partial charge in [0.15, 0.2) is 0 Å². The van der Waals surface area contributed by atoms with Crippen molar-refractivity contribution in [3.8, 4) is 0 Å². The monoisotopic (exact) mass is 645 g/mol. The van der Waals surface area contributed by atoms with Crippen LogP contribution in [0.4, 0.5) is 39.5 Å². The van der Waals surface area contributed by atoms with Gasteiger partial charge in [0.25, 0.3) is 5.91 Å². The van der Waals surface area contributed by atoms with Crippen molar-refractivity contribution in [2.45, 2.75) is 24.3 Å². The van der Waals surface area contributed by atoms with Crippen LogP contribution in [0, 0.1) is 17.5 Å². The van der Waals surface area contributed by atoms with Crippen molar-refractivity contribution >= 4 is 21.8 Å². The molecular weight excluding hydrogens is 629 g/mol. The number of halogens is 10. The van der Waals surface area contributed by atoms with Crippen LogP contribution in [-0.2, 0) is 24.3 Å². The molecule has 0 heterocycles. The first-order valence-corrected chi connectivity index (χ1v) is 12.5. The van der Waals surface area contributed by atoms with Crippen molar-refractivity contribution in [2.75, 3.05) is 0 Å². The lowest BCUT2D eigenvalue weighted by Crippen LogP contribution is -2.49. The Morgan fingerprint density at radius 1 is 0.683 bits per heavy atom. The second-order valence-electron chi connectivity index (χ2n) is 9.06. The summed E-state index contributed by atoms with van der Waals surface area (Å²) in [6, 6.07) is 14.2. The molecular formula is C29H17BrF9NO. The largest absolute Gasteiger partial charge is 0.419 e. The molecule has 0 aromatic heterocycles. The molecule has 0 bridgehead atoms. The van der Waals surface area contributed by atoms with Gasteiger partial charge < -0.3 is 5.32 Å². The quantitative estimate of drug-likeness (QED) is 0.209. The van der Waals surface area contributed by atoms with E-state index in [0.717, 1.165) is 24.3 Å². The molecule has 41 heavy (non-hydrogen) atoms. The highest BCUT2D eigenvalue weighted by molar-refractivity contribution is 9.10. The summed E-state index contributed by atoms with van der Waals surface area (Å²) in [7, 11) is 0. The molecule has 4 aromatic rings. The van der Waals surface area contributed by atoms with Gasteiger partial charge >= 0.3 is 12.4 Å². The summed E-state index contributed by atoms with van der Waals surface area (Å²) in [5.41, 5.74) is -6.19. The lowest BCUT2D eigenvalue weighted by Gasteiger charge is -2.37. The van der Waals surface area contributed by atoms with E-state index in [1.807, 2.05) is 0 Å². The molecule has 1 N–H and O–H groups in total. The lowest BCUT2D eigenvalue weighted by molar-refractivity contribution is -0.140. The summed E-state index contributed by atoms with van der Waals surface area (Å²) in [4.78, 5) is 13.5. The molecule has 0 saturated heterocycles. The maximum atomic E-state index is 14.5. The average molecular weight is 646 g/mol. The summed E-state index contributed by atoms with van der Waals surface area (Å²) in [5, 5.41) is 2.47. The van der Waals surface area contributed by atoms with Crippen LogP contribution in [0.1, 0.15) is 38.2 Å². The van der Waals surface area contributed by atoms with Crippen LogP contribution in [0.25, 0.3) is 0 Å². The first-order valence-electron chi connectivity index (χ1n) is 11.7. The standard InChI is InChI=1S/C29H17BrF9NO/c30-20-8-4-16(5-9-20)15-27(18-2-1-3-21(31)13-18,19-7-11-25(33)23(14-19)29(37,38)39)40-26(41)17-6-10-24(32)22(12-17)28(34,35)36/h1-14H,15H2,(H,40,41)/t27-/m0/s1. The molecule has 2 nitrogen and oxygen atoms in total. The SMILES string of the molecule is O=C(N[C@@](Cc1ccc(Br)cc1)(c1cccc(F)c1)c1ccc(F)c(C(F)(F)F)c1)c1ccc(F)c(C(F)(F)F)c1. The fourth-order valence-corrected chi connectivity index (χ4v) is 4.64. The molecule has 0 aliphatic carbocycles. The van der Waals surface area contributed by atoms with E-state index in [9.17, 15) is 44.3 Å². The van der Waals surface area contributed by atoms with Crippen LogP contribution in [-0.4, -0.2) is 5.91 Å². The maximum absolute atomic E-state index is 14.5. The van der Waals surface area contributed by atoms with E-state index >= 15 is 0 Å². The van der Waals surface area contributed by atoms with Gasteiger partial charge in [0.1, 0.15) is 17.5 Å². The summed E-state index contributed by atoms with van der Waals surface area (Å²) in [5.74, 6) is -5.34. The van der Waals surface area contributed by atoms with Gasteiger partial charge in [-0.3, -0.25) is 4.79 Å². The molecule has 1 amide bonds. The second-order valence-corrected chi connectivity index (χ2v) is 9.97. The predicted octanol–water partition coefficient (Wildman–Crippen LogP) is 8.82. The van der Waals surface area contributed by atoms with Gasteiger partial charge in [-0.2, -0.15) is 26.3 Å². The zero-order valence-electron chi connectivity index (χ0n) is 20.5. The highest BCUT2D eigenvalue weighted by Gasteiger charge is 2.41. The maximum Gasteiger partial charge on any atom is 0.419 e. The van der Waals surface area contributed by atoms with Crippen molar-refractivity contribution in [1.29, 1.82) is 0 Å². The number of rotatable bonds is 6. The Kier molecular flexibility index (Phi) is 8.26. The van der Waals surface area contributed by atoms with Crippen molar-refractivity contribution in [2.24, 2.45) is 0 Å². The number of hydrogen-bond acceptors (Lipinski definition) is 1. The number of hydrogen-bond donors (Lipinski definition) is 1. The molecule has 0 aliphatic rings. The van der Waals surface area contributed by atoms with E-state index in [2.05, 4.69) is 21.2 Å². The van der Waals surface area contributed by atoms with Crippen LogP contribution in [0.5, 0.6) is 0 Å². The first-order chi connectivity index (χ1) is 19.1. The molecule has 12 heteroatoms. The van der Waals surface area contributed by atoms with Crippen LogP contribution in [0.3, 0.4) is 0 Å². The topological polar surface area (TPSA) is 29.1 Å². The van der Waals surface area contributed by atoms with Crippen LogP contribution >= 0.6 is 15.9 Å². The van der Waals surface area contributed by atoms with E-state index in [4.69, 9.17) is 0 Å². The molecule has 0 aliphatic heterocycles. The number of carbonyl (C=O) groups excluding carboxylic acids is 1. The van der Waals surface area contributed by atoms with E-state index in [1.54, 1.807) is 24.3 Å². The molecule has 0 radical (unpaired) electrons. The summed E-state index contributed by atoms with van der Waals surface area (Å²) >= 11 is 3.25. The minimum absolute atomic E-state index is 0.0911. The molecule has 0 saturated carbocycles. The highest BCUT2D eigenvalue weighted by Crippen LogP contribution is 2.39. The van der Waals surface area contributed by atoms with E-state index < -0.39 is 57.9 Å². The minimum Gasteiger partial charge on any atom is -0.338 e. The van der Waals surface area contributed by atoms with Gasteiger partial charge in [0.05, 0.1) is 16.7 Å². The molecule has 4 rings (SSSR count). The predicted molar refractivity (Wildman–Crippen MR) is 135 cm³/mol. The fourth-order valence-electron chi connectivity index (χ4n) is 4.38. The zero-order valence-corrected chi connectivity index (χ0v) is 22.1. The normalized spacial score (nSPS) is 13.5. The third kappa shape index (κ3) is 6.58. The average Bonchev–Trinajstić information content (AvgIpc) is 2.88. The molecule has 0 fully saturated rings. The van der Waals surface area contributed by atoms with Gasteiger partial charge in [-0.1, -0.05) is 46.3 Å². The van der Waals surface area contributed by atoms with Crippen LogP contribution < -0.4 is 5.32 Å². The Labute approximate surface area is 235 Å². The zero-order chi connectivity index (χ0) is 30.2. The second kappa shape index (κ2) is 11.2. The van der Waals surface area contributed by atoms with Gasteiger partial charge in [-0.05, 0) is 71.3 Å². The van der Waals surface area contributed by atoms with Crippen molar-refractivity contribution in [3.63, 3.8) is 0 Å². The summed E-state index contributed by atoms with van der Waals surface area (Å²) in [6.07, 6.45) is -10.7. The molecule has 0 spiro atoms. The summed E-state index contributed by atoms with van der Waals surface area (Å²) in [6.45, 7) is 0. The Bertz CT molecular complexity index is 1580. The van der Waals surface area contributed by atoms with E-state index in [0.29, 0.717) is 28.2 Å². The number of carbonyl (C=O) groups is 1. The van der Waals surface area contributed by atoms with Crippen LogP contribution in [0.15, 0.2) is 89.4 Å². The van der Waals surface area contributed by atoms with Crippen molar-refractivity contribution in [1.82, 2.24) is 5.32 Å². The van der Waals surface area contributed by atoms with Crippen molar-refractivity contribution in [3.05, 3.63) is 140 Å². The third-order valence-electron chi connectivity index (χ3n) is 6.33. The smallest absolute Gasteiger partial charge is 0.338 e. The molecule has 214 valence electrons. The number of nitrogens with one attached hydrogen (secondary N) is 1. The summed E-state index contributed by atoms with van der Waals surface area (Å²) < 4.78 is 125. The van der Waals surface area contributed by atoms with Gasteiger partial charge in [-0.25, -0.2) is 13.2 Å². The first kappa shape index (κ1) is 30.2. The number of alkyl halides is 6. The van der Waals surface area contributed by atoms with Crippen molar-refractivity contribution < 1.29 is 44.3 Å².